The number of hydrogen-bond donors (Lipinski definition) is 1. The van der Waals surface area contributed by atoms with Crippen LogP contribution in [-0.2, 0) is 4.79 Å². The largest absolute Gasteiger partial charge is 0.496 e. The van der Waals surface area contributed by atoms with Gasteiger partial charge in [-0.05, 0) is 42.0 Å². The Morgan fingerprint density at radius 1 is 1.17 bits per heavy atom. The average Bonchev–Trinajstić information content (AvgIpc) is 2.87. The third kappa shape index (κ3) is 3.59. The highest BCUT2D eigenvalue weighted by Gasteiger charge is 2.22. The second kappa shape index (κ2) is 7.15. The van der Waals surface area contributed by atoms with Crippen molar-refractivity contribution in [2.75, 3.05) is 7.11 Å². The summed E-state index contributed by atoms with van der Waals surface area (Å²) in [6.07, 6.45) is 1.78. The molecule has 2 aromatic rings. The Kier molecular flexibility index (Phi) is 5.15. The van der Waals surface area contributed by atoms with Crippen molar-refractivity contribution < 1.29 is 9.53 Å². The molecule has 0 unspecified atom stereocenters. The van der Waals surface area contributed by atoms with Crippen LogP contribution in [0.2, 0.25) is 10.0 Å². The minimum atomic E-state index is -0.192. The predicted molar refractivity (Wildman–Crippen MR) is 105 cm³/mol. The van der Waals surface area contributed by atoms with Gasteiger partial charge in [0.1, 0.15) is 10.1 Å². The molecular formula is C17H11Cl2NO2S2. The van der Waals surface area contributed by atoms with Crippen LogP contribution in [-0.4, -0.2) is 17.3 Å². The molecule has 0 saturated carbocycles. The molecule has 1 amide bonds. The van der Waals surface area contributed by atoms with Crippen molar-refractivity contribution in [2.45, 2.75) is 0 Å². The first-order valence-electron chi connectivity index (χ1n) is 6.86. The molecule has 1 heterocycles. The maximum absolute atomic E-state index is 11.8. The SMILES string of the molecule is COc1ccc(/C=C2\SC(=S)NC2=O)cc1-c1cc(Cl)ccc1Cl. The predicted octanol–water partition coefficient (Wildman–Crippen LogP) is 5.16. The van der Waals surface area contributed by atoms with Crippen LogP contribution in [0, 0.1) is 0 Å². The zero-order chi connectivity index (χ0) is 17.3. The molecule has 3 rings (SSSR count). The van der Waals surface area contributed by atoms with Crippen molar-refractivity contribution in [3.8, 4) is 16.9 Å². The molecule has 0 aliphatic carbocycles. The first kappa shape index (κ1) is 17.3. The van der Waals surface area contributed by atoms with Crippen LogP contribution in [0.25, 0.3) is 17.2 Å². The van der Waals surface area contributed by atoms with Crippen molar-refractivity contribution >= 4 is 63.5 Å². The van der Waals surface area contributed by atoms with E-state index in [0.29, 0.717) is 25.0 Å². The van der Waals surface area contributed by atoms with Gasteiger partial charge in [0.05, 0.1) is 12.0 Å². The van der Waals surface area contributed by atoms with Gasteiger partial charge in [-0.1, -0.05) is 53.2 Å². The molecule has 1 aliphatic rings. The quantitative estimate of drug-likeness (QED) is 0.575. The molecule has 1 saturated heterocycles. The lowest BCUT2D eigenvalue weighted by molar-refractivity contribution is -0.115. The van der Waals surface area contributed by atoms with E-state index in [1.165, 1.54) is 11.8 Å². The van der Waals surface area contributed by atoms with Gasteiger partial charge in [-0.15, -0.1) is 0 Å². The van der Waals surface area contributed by atoms with Crippen molar-refractivity contribution in [2.24, 2.45) is 0 Å². The summed E-state index contributed by atoms with van der Waals surface area (Å²) in [5.74, 6) is 0.475. The van der Waals surface area contributed by atoms with Gasteiger partial charge in [0, 0.05) is 21.2 Å². The molecular weight excluding hydrogens is 385 g/mol. The van der Waals surface area contributed by atoms with E-state index in [1.54, 1.807) is 31.4 Å². The van der Waals surface area contributed by atoms with Crippen LogP contribution in [0.1, 0.15) is 5.56 Å². The zero-order valence-corrected chi connectivity index (χ0v) is 15.6. The number of carbonyl (C=O) groups excluding carboxylic acids is 1. The topological polar surface area (TPSA) is 38.3 Å². The van der Waals surface area contributed by atoms with Crippen LogP contribution in [0.3, 0.4) is 0 Å². The molecule has 122 valence electrons. The number of rotatable bonds is 3. The van der Waals surface area contributed by atoms with Crippen LogP contribution in [0.15, 0.2) is 41.3 Å². The van der Waals surface area contributed by atoms with Gasteiger partial charge < -0.3 is 10.1 Å². The van der Waals surface area contributed by atoms with Gasteiger partial charge in [0.2, 0.25) is 0 Å². The maximum Gasteiger partial charge on any atom is 0.263 e. The number of hydrogen-bond acceptors (Lipinski definition) is 4. The summed E-state index contributed by atoms with van der Waals surface area (Å²) in [7, 11) is 1.59. The third-order valence-corrected chi connectivity index (χ3v) is 5.11. The number of methoxy groups -OCH3 is 1. The molecule has 1 N–H and O–H groups in total. The first-order valence-corrected chi connectivity index (χ1v) is 8.84. The van der Waals surface area contributed by atoms with Crippen molar-refractivity contribution in [1.82, 2.24) is 5.32 Å². The number of carbonyl (C=O) groups is 1. The number of benzene rings is 2. The minimum Gasteiger partial charge on any atom is -0.496 e. The summed E-state index contributed by atoms with van der Waals surface area (Å²) in [6.45, 7) is 0. The van der Waals surface area contributed by atoms with Gasteiger partial charge in [-0.3, -0.25) is 4.79 Å². The monoisotopic (exact) mass is 395 g/mol. The second-order valence-corrected chi connectivity index (χ2v) is 7.50. The summed E-state index contributed by atoms with van der Waals surface area (Å²) in [4.78, 5) is 12.4. The van der Waals surface area contributed by atoms with Crippen molar-refractivity contribution in [1.29, 1.82) is 0 Å². The Balaban J connectivity index is 2.09. The Labute approximate surface area is 159 Å². The Hall–Kier alpha value is -1.53. The van der Waals surface area contributed by atoms with Crippen LogP contribution in [0.5, 0.6) is 5.75 Å². The van der Waals surface area contributed by atoms with Crippen LogP contribution in [0.4, 0.5) is 0 Å². The minimum absolute atomic E-state index is 0.192. The molecule has 1 fully saturated rings. The van der Waals surface area contributed by atoms with Crippen molar-refractivity contribution in [3.63, 3.8) is 0 Å². The lowest BCUT2D eigenvalue weighted by Gasteiger charge is -2.12. The molecule has 3 nitrogen and oxygen atoms in total. The number of amides is 1. The number of nitrogens with one attached hydrogen (secondary N) is 1. The van der Waals surface area contributed by atoms with Gasteiger partial charge in [-0.25, -0.2) is 0 Å². The number of halogens is 2. The highest BCUT2D eigenvalue weighted by Crippen LogP contribution is 2.38. The highest BCUT2D eigenvalue weighted by atomic mass is 35.5. The normalized spacial score (nSPS) is 15.7. The second-order valence-electron chi connectivity index (χ2n) is 4.94. The van der Waals surface area contributed by atoms with Gasteiger partial charge in [0.15, 0.2) is 0 Å². The van der Waals surface area contributed by atoms with Crippen LogP contribution < -0.4 is 10.1 Å². The van der Waals surface area contributed by atoms with E-state index in [2.05, 4.69) is 5.32 Å². The van der Waals surface area contributed by atoms with E-state index in [0.717, 1.165) is 16.7 Å². The number of thiocarbonyl (C=S) groups is 1. The number of ether oxygens (including phenoxy) is 1. The fourth-order valence-electron chi connectivity index (χ4n) is 2.30. The average molecular weight is 396 g/mol. The first-order chi connectivity index (χ1) is 11.5. The van der Waals surface area contributed by atoms with E-state index in [9.17, 15) is 4.79 Å². The van der Waals surface area contributed by atoms with Crippen molar-refractivity contribution in [3.05, 3.63) is 56.9 Å². The fourth-order valence-corrected chi connectivity index (χ4v) is 3.74. The summed E-state index contributed by atoms with van der Waals surface area (Å²) in [5.41, 5.74) is 2.40. The molecule has 2 aromatic carbocycles. The Bertz CT molecular complexity index is 881. The molecule has 0 bridgehead atoms. The van der Waals surface area contributed by atoms with E-state index < -0.39 is 0 Å². The Morgan fingerprint density at radius 3 is 2.62 bits per heavy atom. The summed E-state index contributed by atoms with van der Waals surface area (Å²) < 4.78 is 5.89. The standard InChI is InChI=1S/C17H11Cl2NO2S2/c1-22-14-5-2-9(7-15-16(21)20-17(23)24-15)6-12(14)11-8-10(18)3-4-13(11)19/h2-8H,1H3,(H,20,21,23)/b15-7-. The fraction of sp³-hybridized carbons (Fsp3) is 0.0588. The van der Waals surface area contributed by atoms with Gasteiger partial charge >= 0.3 is 0 Å². The molecule has 0 spiro atoms. The highest BCUT2D eigenvalue weighted by molar-refractivity contribution is 8.26. The van der Waals surface area contributed by atoms with Crippen LogP contribution >= 0.6 is 47.2 Å². The molecule has 1 aliphatic heterocycles. The van der Waals surface area contributed by atoms with Gasteiger partial charge in [0.25, 0.3) is 5.91 Å². The molecule has 0 radical (unpaired) electrons. The molecule has 0 aromatic heterocycles. The smallest absolute Gasteiger partial charge is 0.263 e. The zero-order valence-electron chi connectivity index (χ0n) is 12.4. The van der Waals surface area contributed by atoms with E-state index in [-0.39, 0.29) is 5.91 Å². The number of thioether (sulfide) groups is 1. The summed E-state index contributed by atoms with van der Waals surface area (Å²) in [5, 5.41) is 3.74. The third-order valence-electron chi connectivity index (χ3n) is 3.38. The van der Waals surface area contributed by atoms with E-state index in [1.807, 2.05) is 18.2 Å². The molecule has 24 heavy (non-hydrogen) atoms. The lowest BCUT2D eigenvalue weighted by atomic mass is 10.0. The van der Waals surface area contributed by atoms with Gasteiger partial charge in [-0.2, -0.15) is 0 Å². The maximum atomic E-state index is 11.8. The van der Waals surface area contributed by atoms with E-state index in [4.69, 9.17) is 40.2 Å². The lowest BCUT2D eigenvalue weighted by Crippen LogP contribution is -2.17. The Morgan fingerprint density at radius 2 is 1.96 bits per heavy atom. The molecule has 0 atom stereocenters. The summed E-state index contributed by atoms with van der Waals surface area (Å²) >= 11 is 18.6. The molecule has 7 heteroatoms. The summed E-state index contributed by atoms with van der Waals surface area (Å²) in [6, 6.07) is 10.8. The van der Waals surface area contributed by atoms with E-state index >= 15 is 0 Å².